The number of ether oxygens (including phenoxy) is 1. The third-order valence-corrected chi connectivity index (χ3v) is 3.34. The second-order valence-electron chi connectivity index (χ2n) is 4.82. The highest BCUT2D eigenvalue weighted by atomic mass is 16.5. The van der Waals surface area contributed by atoms with Crippen LogP contribution in [0.1, 0.15) is 5.56 Å². The van der Waals surface area contributed by atoms with Gasteiger partial charge < -0.3 is 10.5 Å². The van der Waals surface area contributed by atoms with Gasteiger partial charge in [-0.3, -0.25) is 0 Å². The number of nitrogens with two attached hydrogens (primary N) is 1. The maximum Gasteiger partial charge on any atom is 0.121 e. The summed E-state index contributed by atoms with van der Waals surface area (Å²) in [6.07, 6.45) is 1.90. The molecule has 0 saturated carbocycles. The Morgan fingerprint density at radius 1 is 1.10 bits per heavy atom. The van der Waals surface area contributed by atoms with Crippen molar-refractivity contribution in [2.24, 2.45) is 0 Å². The first kappa shape index (κ1) is 13.2. The van der Waals surface area contributed by atoms with Crippen LogP contribution in [0, 0.1) is 6.92 Å². The van der Waals surface area contributed by atoms with E-state index >= 15 is 0 Å². The lowest BCUT2D eigenvalue weighted by atomic mass is 10.1. The number of nitrogen functional groups attached to an aromatic ring is 1. The molecular weight excluding hydrogens is 264 g/mol. The molecule has 0 atom stereocenters. The molecule has 0 saturated heterocycles. The van der Waals surface area contributed by atoms with Crippen molar-refractivity contribution in [1.29, 1.82) is 0 Å². The van der Waals surface area contributed by atoms with Crippen LogP contribution in [0.25, 0.3) is 16.9 Å². The van der Waals surface area contributed by atoms with Crippen molar-refractivity contribution in [1.82, 2.24) is 15.0 Å². The van der Waals surface area contributed by atoms with Gasteiger partial charge in [0.25, 0.3) is 0 Å². The highest BCUT2D eigenvalue weighted by Crippen LogP contribution is 2.25. The van der Waals surface area contributed by atoms with Gasteiger partial charge in [0.05, 0.1) is 19.0 Å². The smallest absolute Gasteiger partial charge is 0.121 e. The van der Waals surface area contributed by atoms with E-state index in [9.17, 15) is 0 Å². The summed E-state index contributed by atoms with van der Waals surface area (Å²) in [5.74, 6) is 0.865. The fourth-order valence-corrected chi connectivity index (χ4v) is 2.19. The quantitative estimate of drug-likeness (QED) is 0.749. The van der Waals surface area contributed by atoms with E-state index in [1.54, 1.807) is 11.8 Å². The second-order valence-corrected chi connectivity index (χ2v) is 4.82. The van der Waals surface area contributed by atoms with E-state index in [2.05, 4.69) is 10.3 Å². The molecule has 3 aromatic rings. The summed E-state index contributed by atoms with van der Waals surface area (Å²) in [5, 5.41) is 8.38. The Kier molecular flexibility index (Phi) is 3.31. The van der Waals surface area contributed by atoms with E-state index < -0.39 is 0 Å². The number of nitrogens with zero attached hydrogens (tertiary/aromatic N) is 3. The molecule has 21 heavy (non-hydrogen) atoms. The highest BCUT2D eigenvalue weighted by Gasteiger charge is 2.07. The predicted molar refractivity (Wildman–Crippen MR) is 82.5 cm³/mol. The largest absolute Gasteiger partial charge is 0.496 e. The van der Waals surface area contributed by atoms with Gasteiger partial charge in [-0.15, -0.1) is 5.10 Å². The van der Waals surface area contributed by atoms with Crippen molar-refractivity contribution in [2.45, 2.75) is 6.92 Å². The van der Waals surface area contributed by atoms with Crippen LogP contribution in [0.15, 0.2) is 48.7 Å². The van der Waals surface area contributed by atoms with Crippen molar-refractivity contribution in [2.75, 3.05) is 12.8 Å². The lowest BCUT2D eigenvalue weighted by Crippen LogP contribution is -1.95. The van der Waals surface area contributed by atoms with E-state index in [-0.39, 0.29) is 0 Å². The number of hydrogen-bond donors (Lipinski definition) is 1. The van der Waals surface area contributed by atoms with Crippen molar-refractivity contribution >= 4 is 5.69 Å². The van der Waals surface area contributed by atoms with Crippen molar-refractivity contribution < 1.29 is 4.74 Å². The molecule has 0 aliphatic heterocycles. The first-order valence-corrected chi connectivity index (χ1v) is 6.60. The zero-order valence-corrected chi connectivity index (χ0v) is 11.9. The molecule has 106 valence electrons. The lowest BCUT2D eigenvalue weighted by molar-refractivity contribution is 0.412. The number of rotatable bonds is 3. The summed E-state index contributed by atoms with van der Waals surface area (Å²) < 4.78 is 7.00. The average Bonchev–Trinajstić information content (AvgIpc) is 2.98. The average molecular weight is 280 g/mol. The monoisotopic (exact) mass is 280 g/mol. The molecule has 0 bridgehead atoms. The van der Waals surface area contributed by atoms with Crippen LogP contribution in [0.2, 0.25) is 0 Å². The SMILES string of the molecule is COc1ccc(-c2cn(-c3ccc(N)cc3)nn2)cc1C. The molecule has 5 nitrogen and oxygen atoms in total. The summed E-state index contributed by atoms with van der Waals surface area (Å²) in [7, 11) is 1.67. The minimum absolute atomic E-state index is 0.727. The Labute approximate surface area is 123 Å². The predicted octanol–water partition coefficient (Wildman–Crippen LogP) is 2.83. The normalized spacial score (nSPS) is 10.6. The molecule has 0 aliphatic rings. The Hall–Kier alpha value is -2.82. The summed E-state index contributed by atoms with van der Waals surface area (Å²) in [4.78, 5) is 0. The Morgan fingerprint density at radius 2 is 1.86 bits per heavy atom. The van der Waals surface area contributed by atoms with E-state index in [0.29, 0.717) is 0 Å². The maximum absolute atomic E-state index is 5.69. The molecule has 0 amide bonds. The number of aryl methyl sites for hydroxylation is 1. The molecule has 3 rings (SSSR count). The lowest BCUT2D eigenvalue weighted by Gasteiger charge is -2.05. The van der Waals surface area contributed by atoms with Crippen LogP contribution in [0.3, 0.4) is 0 Å². The Bertz CT molecular complexity index is 762. The van der Waals surface area contributed by atoms with Gasteiger partial charge in [0.1, 0.15) is 11.4 Å². The van der Waals surface area contributed by atoms with Crippen molar-refractivity contribution in [3.63, 3.8) is 0 Å². The van der Waals surface area contributed by atoms with E-state index in [1.807, 2.05) is 55.6 Å². The first-order chi connectivity index (χ1) is 10.2. The number of methoxy groups -OCH3 is 1. The molecule has 1 aromatic heterocycles. The van der Waals surface area contributed by atoms with Gasteiger partial charge in [-0.1, -0.05) is 5.21 Å². The number of anilines is 1. The van der Waals surface area contributed by atoms with Crippen LogP contribution in [0.4, 0.5) is 5.69 Å². The topological polar surface area (TPSA) is 66.0 Å². The summed E-state index contributed by atoms with van der Waals surface area (Å²) in [5.41, 5.74) is 10.2. The molecule has 2 N–H and O–H groups in total. The molecule has 5 heteroatoms. The van der Waals surface area contributed by atoms with Gasteiger partial charge in [-0.2, -0.15) is 0 Å². The van der Waals surface area contributed by atoms with E-state index in [4.69, 9.17) is 10.5 Å². The summed E-state index contributed by atoms with van der Waals surface area (Å²) in [6, 6.07) is 13.5. The molecular formula is C16H16N4O. The highest BCUT2D eigenvalue weighted by molar-refractivity contribution is 5.61. The van der Waals surface area contributed by atoms with Crippen LogP contribution >= 0.6 is 0 Å². The molecule has 2 aromatic carbocycles. The molecule has 0 unspecified atom stereocenters. The Morgan fingerprint density at radius 3 is 2.52 bits per heavy atom. The van der Waals surface area contributed by atoms with Crippen LogP contribution < -0.4 is 10.5 Å². The van der Waals surface area contributed by atoms with Gasteiger partial charge in [0.2, 0.25) is 0 Å². The van der Waals surface area contributed by atoms with E-state index in [0.717, 1.165) is 33.9 Å². The fraction of sp³-hybridized carbons (Fsp3) is 0.125. The summed E-state index contributed by atoms with van der Waals surface area (Å²) in [6.45, 7) is 2.01. The van der Waals surface area contributed by atoms with E-state index in [1.165, 1.54) is 0 Å². The van der Waals surface area contributed by atoms with Gasteiger partial charge in [-0.05, 0) is 55.0 Å². The third-order valence-electron chi connectivity index (χ3n) is 3.34. The zero-order chi connectivity index (χ0) is 14.8. The fourth-order valence-electron chi connectivity index (χ4n) is 2.19. The second kappa shape index (κ2) is 5.28. The van der Waals surface area contributed by atoms with Gasteiger partial charge in [0.15, 0.2) is 0 Å². The van der Waals surface area contributed by atoms with Crippen LogP contribution in [-0.4, -0.2) is 22.1 Å². The zero-order valence-electron chi connectivity index (χ0n) is 11.9. The number of aromatic nitrogens is 3. The molecule has 0 aliphatic carbocycles. The van der Waals surface area contributed by atoms with Crippen molar-refractivity contribution in [3.05, 3.63) is 54.2 Å². The van der Waals surface area contributed by atoms with Crippen LogP contribution in [-0.2, 0) is 0 Å². The maximum atomic E-state index is 5.69. The van der Waals surface area contributed by atoms with Gasteiger partial charge >= 0.3 is 0 Å². The Balaban J connectivity index is 1.94. The molecule has 0 fully saturated rings. The summed E-state index contributed by atoms with van der Waals surface area (Å²) >= 11 is 0. The standard InChI is InChI=1S/C16H16N4O/c1-11-9-12(3-8-16(11)21-2)15-10-20(19-18-15)14-6-4-13(17)5-7-14/h3-10H,17H2,1-2H3. The minimum atomic E-state index is 0.727. The van der Waals surface area contributed by atoms with Gasteiger partial charge in [-0.25, -0.2) is 4.68 Å². The first-order valence-electron chi connectivity index (χ1n) is 6.60. The van der Waals surface area contributed by atoms with Crippen LogP contribution in [0.5, 0.6) is 5.75 Å². The van der Waals surface area contributed by atoms with Gasteiger partial charge in [0, 0.05) is 11.3 Å². The molecule has 0 spiro atoms. The number of hydrogen-bond acceptors (Lipinski definition) is 4. The molecule has 1 heterocycles. The number of benzene rings is 2. The molecule has 0 radical (unpaired) electrons. The third kappa shape index (κ3) is 2.58. The minimum Gasteiger partial charge on any atom is -0.496 e. The van der Waals surface area contributed by atoms with Crippen molar-refractivity contribution in [3.8, 4) is 22.7 Å².